The van der Waals surface area contributed by atoms with Gasteiger partial charge in [-0.2, -0.15) is 0 Å². The highest BCUT2D eigenvalue weighted by atomic mass is 16.5. The second kappa shape index (κ2) is 9.25. The number of aromatic nitrogens is 1. The smallest absolute Gasteiger partial charge is 0.230 e. The van der Waals surface area contributed by atoms with Crippen LogP contribution < -0.4 is 15.4 Å². The highest BCUT2D eigenvalue weighted by molar-refractivity contribution is 5.85. The van der Waals surface area contributed by atoms with E-state index in [1.165, 1.54) is 0 Å². The lowest BCUT2D eigenvalue weighted by Crippen LogP contribution is -2.49. The topological polar surface area (TPSA) is 78.9 Å². The lowest BCUT2D eigenvalue weighted by atomic mass is 9.84. The van der Waals surface area contributed by atoms with E-state index in [0.717, 1.165) is 31.4 Å². The highest BCUT2D eigenvalue weighted by Gasteiger charge is 2.42. The third-order valence-corrected chi connectivity index (χ3v) is 4.54. The minimum Gasteiger partial charge on any atom is -0.490 e. The van der Waals surface area contributed by atoms with Gasteiger partial charge in [0, 0.05) is 33.9 Å². The number of ether oxygens (including phenoxy) is 1. The van der Waals surface area contributed by atoms with Crippen molar-refractivity contribution in [2.75, 3.05) is 40.8 Å². The van der Waals surface area contributed by atoms with Crippen molar-refractivity contribution in [3.63, 3.8) is 0 Å². The molecule has 0 atom stereocenters. The summed E-state index contributed by atoms with van der Waals surface area (Å²) in [4.78, 5) is 22.5. The van der Waals surface area contributed by atoms with Gasteiger partial charge in [-0.3, -0.25) is 14.8 Å². The van der Waals surface area contributed by atoms with Crippen molar-refractivity contribution in [2.24, 2.45) is 10.4 Å². The second-order valence-electron chi connectivity index (χ2n) is 6.58. The van der Waals surface area contributed by atoms with Gasteiger partial charge in [0.1, 0.15) is 12.4 Å². The number of rotatable bonds is 7. The Hall–Kier alpha value is -2.31. The Bertz CT molecular complexity index is 568. The molecule has 0 saturated heterocycles. The molecule has 0 unspecified atom stereocenters. The van der Waals surface area contributed by atoms with Crippen molar-refractivity contribution in [2.45, 2.75) is 25.7 Å². The van der Waals surface area contributed by atoms with Gasteiger partial charge in [-0.15, -0.1) is 0 Å². The zero-order valence-electron chi connectivity index (χ0n) is 15.4. The Balaban J connectivity index is 1.78. The highest BCUT2D eigenvalue weighted by Crippen LogP contribution is 2.38. The monoisotopic (exact) mass is 347 g/mol. The first-order valence-corrected chi connectivity index (χ1v) is 8.76. The van der Waals surface area contributed by atoms with Gasteiger partial charge >= 0.3 is 0 Å². The molecule has 1 aromatic rings. The first kappa shape index (κ1) is 19.0. The molecule has 0 aromatic carbocycles. The molecule has 1 aromatic heterocycles. The summed E-state index contributed by atoms with van der Waals surface area (Å²) in [5, 5.41) is 6.53. The van der Waals surface area contributed by atoms with E-state index in [1.54, 1.807) is 24.3 Å². The van der Waals surface area contributed by atoms with E-state index >= 15 is 0 Å². The van der Waals surface area contributed by atoms with Gasteiger partial charge in [0.2, 0.25) is 5.91 Å². The van der Waals surface area contributed by atoms with Crippen molar-refractivity contribution in [3.05, 3.63) is 24.5 Å². The molecule has 1 saturated carbocycles. The predicted molar refractivity (Wildman–Crippen MR) is 98.7 cm³/mol. The Morgan fingerprint density at radius 2 is 2.12 bits per heavy atom. The largest absolute Gasteiger partial charge is 0.490 e. The van der Waals surface area contributed by atoms with Crippen LogP contribution in [0.25, 0.3) is 0 Å². The number of nitrogens with one attached hydrogen (secondary N) is 2. The van der Waals surface area contributed by atoms with Crippen LogP contribution in [-0.2, 0) is 4.79 Å². The summed E-state index contributed by atoms with van der Waals surface area (Å²) in [6, 6.07) is 3.71. The molecule has 138 valence electrons. The zero-order chi connectivity index (χ0) is 18.1. The molecule has 0 radical (unpaired) electrons. The van der Waals surface area contributed by atoms with Crippen molar-refractivity contribution in [1.29, 1.82) is 0 Å². The quantitative estimate of drug-likeness (QED) is 0.441. The SMILES string of the molecule is CN=C(NCCOc1cccnc1)NCC1(C(=O)N(C)C)CCCC1. The molecule has 1 aliphatic rings. The average Bonchev–Trinajstić information content (AvgIpc) is 3.11. The van der Waals surface area contributed by atoms with Crippen LogP contribution in [0.5, 0.6) is 5.75 Å². The molecule has 1 fully saturated rings. The number of pyridine rings is 1. The molecule has 2 N–H and O–H groups in total. The minimum absolute atomic E-state index is 0.202. The van der Waals surface area contributed by atoms with E-state index in [2.05, 4.69) is 20.6 Å². The maximum Gasteiger partial charge on any atom is 0.230 e. The van der Waals surface area contributed by atoms with Gasteiger partial charge < -0.3 is 20.3 Å². The Morgan fingerprint density at radius 3 is 2.72 bits per heavy atom. The van der Waals surface area contributed by atoms with Crippen molar-refractivity contribution >= 4 is 11.9 Å². The summed E-state index contributed by atoms with van der Waals surface area (Å²) in [6.45, 7) is 1.73. The normalized spacial score (nSPS) is 16.4. The number of hydrogen-bond donors (Lipinski definition) is 2. The van der Waals surface area contributed by atoms with Crippen molar-refractivity contribution in [3.8, 4) is 5.75 Å². The Labute approximate surface area is 149 Å². The van der Waals surface area contributed by atoms with Crippen LogP contribution in [0.4, 0.5) is 0 Å². The summed E-state index contributed by atoms with van der Waals surface area (Å²) < 4.78 is 5.60. The second-order valence-corrected chi connectivity index (χ2v) is 6.58. The molecule has 25 heavy (non-hydrogen) atoms. The molecule has 7 nitrogen and oxygen atoms in total. The van der Waals surface area contributed by atoms with Gasteiger partial charge in [-0.05, 0) is 25.0 Å². The first-order chi connectivity index (χ1) is 12.1. The average molecular weight is 347 g/mol. The fraction of sp³-hybridized carbons (Fsp3) is 0.611. The van der Waals surface area contributed by atoms with E-state index in [-0.39, 0.29) is 11.3 Å². The van der Waals surface area contributed by atoms with Crippen LogP contribution >= 0.6 is 0 Å². The standard InChI is InChI=1S/C18H29N5O2/c1-19-17(21-11-12-25-15-7-6-10-20-13-15)22-14-18(8-4-5-9-18)16(24)23(2)3/h6-7,10,13H,4-5,8-9,11-12,14H2,1-3H3,(H2,19,21,22). The summed E-state index contributed by atoms with van der Waals surface area (Å²) in [5.41, 5.74) is -0.312. The van der Waals surface area contributed by atoms with Gasteiger partial charge in [0.25, 0.3) is 0 Å². The van der Waals surface area contributed by atoms with Gasteiger partial charge in [-0.25, -0.2) is 0 Å². The molecule has 1 heterocycles. The third-order valence-electron chi connectivity index (χ3n) is 4.54. The summed E-state index contributed by atoms with van der Waals surface area (Å²) in [5.74, 6) is 1.63. The number of hydrogen-bond acceptors (Lipinski definition) is 4. The molecular weight excluding hydrogens is 318 g/mol. The van der Waals surface area contributed by atoms with Crippen LogP contribution in [0.15, 0.2) is 29.5 Å². The van der Waals surface area contributed by atoms with Crippen LogP contribution in [0, 0.1) is 5.41 Å². The fourth-order valence-electron chi connectivity index (χ4n) is 3.24. The molecule has 2 rings (SSSR count). The number of carbonyl (C=O) groups excluding carboxylic acids is 1. The molecule has 1 aliphatic carbocycles. The van der Waals surface area contributed by atoms with E-state index in [9.17, 15) is 4.79 Å². The third kappa shape index (κ3) is 5.34. The lowest BCUT2D eigenvalue weighted by molar-refractivity contribution is -0.138. The van der Waals surface area contributed by atoms with Crippen LogP contribution in [0.3, 0.4) is 0 Å². The molecule has 0 aliphatic heterocycles. The summed E-state index contributed by atoms with van der Waals surface area (Å²) in [7, 11) is 5.38. The van der Waals surface area contributed by atoms with E-state index in [4.69, 9.17) is 4.74 Å². The number of nitrogens with zero attached hydrogens (tertiary/aromatic N) is 3. The van der Waals surface area contributed by atoms with Crippen LogP contribution in [-0.4, -0.2) is 62.6 Å². The fourth-order valence-corrected chi connectivity index (χ4v) is 3.24. The van der Waals surface area contributed by atoms with Crippen molar-refractivity contribution < 1.29 is 9.53 Å². The van der Waals surface area contributed by atoms with Crippen LogP contribution in [0.1, 0.15) is 25.7 Å². The van der Waals surface area contributed by atoms with Gasteiger partial charge in [0.05, 0.1) is 18.2 Å². The van der Waals surface area contributed by atoms with Crippen molar-refractivity contribution in [1.82, 2.24) is 20.5 Å². The summed E-state index contributed by atoms with van der Waals surface area (Å²) >= 11 is 0. The Morgan fingerprint density at radius 1 is 1.36 bits per heavy atom. The number of guanidine groups is 1. The van der Waals surface area contributed by atoms with Crippen LogP contribution in [0.2, 0.25) is 0 Å². The van der Waals surface area contributed by atoms with E-state index in [0.29, 0.717) is 25.7 Å². The summed E-state index contributed by atoms with van der Waals surface area (Å²) in [6.07, 6.45) is 7.46. The number of amides is 1. The number of aliphatic imine (C=N–C) groups is 1. The van der Waals surface area contributed by atoms with E-state index in [1.807, 2.05) is 26.2 Å². The predicted octanol–water partition coefficient (Wildman–Crippen LogP) is 1.27. The van der Waals surface area contributed by atoms with E-state index < -0.39 is 0 Å². The molecular formula is C18H29N5O2. The Kier molecular flexibility index (Phi) is 7.03. The molecule has 1 amide bonds. The zero-order valence-corrected chi connectivity index (χ0v) is 15.4. The first-order valence-electron chi connectivity index (χ1n) is 8.76. The minimum atomic E-state index is -0.312. The maximum absolute atomic E-state index is 12.6. The number of carbonyl (C=O) groups is 1. The molecule has 7 heteroatoms. The van der Waals surface area contributed by atoms with Gasteiger partial charge in [0.15, 0.2) is 5.96 Å². The maximum atomic E-state index is 12.6. The lowest BCUT2D eigenvalue weighted by Gasteiger charge is -2.31. The van der Waals surface area contributed by atoms with Gasteiger partial charge in [-0.1, -0.05) is 12.8 Å². The molecule has 0 bridgehead atoms. The molecule has 0 spiro atoms.